The van der Waals surface area contributed by atoms with Gasteiger partial charge in [0.15, 0.2) is 0 Å². The highest BCUT2D eigenvalue weighted by Crippen LogP contribution is 2.35. The standard InChI is InChI=1S/C23H26F3N3O2/c1-16-8-3-4-9-17(16)14-27-20(30)22(2)12-7-13-29(15-22)21(31)28-19-11-6-5-10-18(19)23(24,25)26/h3-6,8-11H,7,12-15H2,1-2H3,(H,27,30)(H,28,31). The Hall–Kier alpha value is -3.03. The molecular formula is C23H26F3N3O2. The summed E-state index contributed by atoms with van der Waals surface area (Å²) in [6, 6.07) is 11.9. The van der Waals surface area contributed by atoms with E-state index in [1.165, 1.54) is 23.1 Å². The van der Waals surface area contributed by atoms with Gasteiger partial charge in [-0.1, -0.05) is 36.4 Å². The van der Waals surface area contributed by atoms with Crippen molar-refractivity contribution in [1.29, 1.82) is 0 Å². The second-order valence-electron chi connectivity index (χ2n) is 8.17. The van der Waals surface area contributed by atoms with Crippen molar-refractivity contribution in [2.45, 2.75) is 39.4 Å². The highest BCUT2D eigenvalue weighted by Gasteiger charge is 2.40. The summed E-state index contributed by atoms with van der Waals surface area (Å²) in [6.07, 6.45) is -3.39. The molecule has 5 nitrogen and oxygen atoms in total. The van der Waals surface area contributed by atoms with Crippen molar-refractivity contribution in [2.24, 2.45) is 5.41 Å². The van der Waals surface area contributed by atoms with E-state index in [2.05, 4.69) is 10.6 Å². The van der Waals surface area contributed by atoms with E-state index in [1.807, 2.05) is 31.2 Å². The van der Waals surface area contributed by atoms with Gasteiger partial charge in [0.2, 0.25) is 5.91 Å². The fraction of sp³-hybridized carbons (Fsp3) is 0.391. The first-order valence-electron chi connectivity index (χ1n) is 10.2. The molecule has 1 atom stereocenters. The van der Waals surface area contributed by atoms with Gasteiger partial charge in [0.1, 0.15) is 0 Å². The molecule has 31 heavy (non-hydrogen) atoms. The van der Waals surface area contributed by atoms with E-state index in [4.69, 9.17) is 0 Å². The second-order valence-corrected chi connectivity index (χ2v) is 8.17. The SMILES string of the molecule is Cc1ccccc1CNC(=O)C1(C)CCCN(C(=O)Nc2ccccc2C(F)(F)F)C1. The van der Waals surface area contributed by atoms with Gasteiger partial charge in [0.05, 0.1) is 16.7 Å². The number of halogens is 3. The lowest BCUT2D eigenvalue weighted by Gasteiger charge is -2.39. The molecule has 0 spiro atoms. The number of carbonyl (C=O) groups excluding carboxylic acids is 2. The van der Waals surface area contributed by atoms with Gasteiger partial charge < -0.3 is 15.5 Å². The smallest absolute Gasteiger partial charge is 0.351 e. The molecular weight excluding hydrogens is 407 g/mol. The first-order chi connectivity index (χ1) is 14.6. The Morgan fingerprint density at radius 1 is 1.10 bits per heavy atom. The number of urea groups is 1. The molecule has 2 N–H and O–H groups in total. The zero-order chi connectivity index (χ0) is 22.6. The Kier molecular flexibility index (Phi) is 6.57. The first-order valence-corrected chi connectivity index (χ1v) is 10.2. The van der Waals surface area contributed by atoms with Gasteiger partial charge >= 0.3 is 12.2 Å². The Bertz CT molecular complexity index is 961. The zero-order valence-electron chi connectivity index (χ0n) is 17.6. The number of hydrogen-bond acceptors (Lipinski definition) is 2. The summed E-state index contributed by atoms with van der Waals surface area (Å²) < 4.78 is 39.6. The minimum atomic E-state index is -4.57. The Morgan fingerprint density at radius 3 is 2.48 bits per heavy atom. The summed E-state index contributed by atoms with van der Waals surface area (Å²) in [5, 5.41) is 5.31. The molecule has 1 fully saturated rings. The van der Waals surface area contributed by atoms with Crippen LogP contribution in [-0.4, -0.2) is 29.9 Å². The third kappa shape index (κ3) is 5.37. The summed E-state index contributed by atoms with van der Waals surface area (Å²) in [5.74, 6) is -0.177. The molecule has 0 aromatic heterocycles. The quantitative estimate of drug-likeness (QED) is 0.716. The lowest BCUT2D eigenvalue weighted by atomic mass is 9.81. The van der Waals surface area contributed by atoms with Crippen molar-refractivity contribution in [1.82, 2.24) is 10.2 Å². The molecule has 1 heterocycles. The lowest BCUT2D eigenvalue weighted by molar-refractivity contribution is -0.137. The number of amides is 3. The Balaban J connectivity index is 1.66. The van der Waals surface area contributed by atoms with Crippen molar-refractivity contribution in [2.75, 3.05) is 18.4 Å². The monoisotopic (exact) mass is 433 g/mol. The summed E-state index contributed by atoms with van der Waals surface area (Å²) in [5.41, 5.74) is 0.0619. The number of hydrogen-bond donors (Lipinski definition) is 2. The summed E-state index contributed by atoms with van der Waals surface area (Å²) in [7, 11) is 0. The summed E-state index contributed by atoms with van der Waals surface area (Å²) >= 11 is 0. The molecule has 166 valence electrons. The van der Waals surface area contributed by atoms with E-state index in [0.717, 1.165) is 17.2 Å². The number of carbonyl (C=O) groups is 2. The van der Waals surface area contributed by atoms with Crippen LogP contribution in [-0.2, 0) is 17.5 Å². The number of piperidine rings is 1. The number of likely N-dealkylation sites (tertiary alicyclic amines) is 1. The van der Waals surface area contributed by atoms with Crippen molar-refractivity contribution >= 4 is 17.6 Å². The number of rotatable bonds is 4. The maximum atomic E-state index is 13.2. The average molecular weight is 433 g/mol. The number of aryl methyl sites for hydroxylation is 1. The van der Waals surface area contributed by atoms with Gasteiger partial charge in [0.25, 0.3) is 0 Å². The fourth-order valence-corrected chi connectivity index (χ4v) is 3.83. The van der Waals surface area contributed by atoms with Crippen molar-refractivity contribution in [3.63, 3.8) is 0 Å². The van der Waals surface area contributed by atoms with Gasteiger partial charge in [-0.3, -0.25) is 4.79 Å². The summed E-state index contributed by atoms with van der Waals surface area (Å²) in [4.78, 5) is 27.0. The van der Waals surface area contributed by atoms with Crippen LogP contribution < -0.4 is 10.6 Å². The highest BCUT2D eigenvalue weighted by atomic mass is 19.4. The van der Waals surface area contributed by atoms with Crippen molar-refractivity contribution < 1.29 is 22.8 Å². The molecule has 1 aliphatic rings. The third-order valence-corrected chi connectivity index (χ3v) is 5.71. The van der Waals surface area contributed by atoms with Crippen LogP contribution in [0.5, 0.6) is 0 Å². The minimum Gasteiger partial charge on any atom is -0.351 e. The van der Waals surface area contributed by atoms with E-state index >= 15 is 0 Å². The molecule has 0 saturated carbocycles. The van der Waals surface area contributed by atoms with Crippen molar-refractivity contribution in [3.05, 3.63) is 65.2 Å². The number of nitrogens with one attached hydrogen (secondary N) is 2. The Labute approximate surface area is 179 Å². The van der Waals surface area contributed by atoms with Crippen LogP contribution in [0.15, 0.2) is 48.5 Å². The number of benzene rings is 2. The van der Waals surface area contributed by atoms with E-state index in [9.17, 15) is 22.8 Å². The normalized spacial score (nSPS) is 19.1. The zero-order valence-corrected chi connectivity index (χ0v) is 17.6. The van der Waals surface area contributed by atoms with E-state index in [0.29, 0.717) is 25.9 Å². The topological polar surface area (TPSA) is 61.4 Å². The maximum absolute atomic E-state index is 13.2. The molecule has 2 aromatic carbocycles. The maximum Gasteiger partial charge on any atom is 0.418 e. The molecule has 3 amide bonds. The predicted octanol–water partition coefficient (Wildman–Crippen LogP) is 4.96. The van der Waals surface area contributed by atoms with Gasteiger partial charge in [0, 0.05) is 19.6 Å². The van der Waals surface area contributed by atoms with Gasteiger partial charge in [-0.25, -0.2) is 4.79 Å². The van der Waals surface area contributed by atoms with Gasteiger partial charge in [-0.2, -0.15) is 13.2 Å². The van der Waals surface area contributed by atoms with Gasteiger partial charge in [-0.05, 0) is 49.9 Å². The highest BCUT2D eigenvalue weighted by molar-refractivity contribution is 5.91. The molecule has 0 aliphatic carbocycles. The molecule has 0 radical (unpaired) electrons. The van der Waals surface area contributed by atoms with E-state index in [1.54, 1.807) is 6.92 Å². The largest absolute Gasteiger partial charge is 0.418 e. The summed E-state index contributed by atoms with van der Waals surface area (Å²) in [6.45, 7) is 4.64. The van der Waals surface area contributed by atoms with E-state index in [-0.39, 0.29) is 18.1 Å². The van der Waals surface area contributed by atoms with Crippen molar-refractivity contribution in [3.8, 4) is 0 Å². The number of nitrogens with zero attached hydrogens (tertiary/aromatic N) is 1. The predicted molar refractivity (Wildman–Crippen MR) is 112 cm³/mol. The Morgan fingerprint density at radius 2 is 1.77 bits per heavy atom. The second kappa shape index (κ2) is 8.99. The molecule has 0 bridgehead atoms. The number of para-hydroxylation sites is 1. The van der Waals surface area contributed by atoms with E-state index < -0.39 is 23.2 Å². The molecule has 1 saturated heterocycles. The molecule has 1 unspecified atom stereocenters. The number of anilines is 1. The number of alkyl halides is 3. The van der Waals surface area contributed by atoms with Gasteiger partial charge in [-0.15, -0.1) is 0 Å². The average Bonchev–Trinajstić information content (AvgIpc) is 2.72. The van der Waals surface area contributed by atoms with Crippen LogP contribution in [0.1, 0.15) is 36.5 Å². The van der Waals surface area contributed by atoms with Crippen LogP contribution in [0.3, 0.4) is 0 Å². The lowest BCUT2D eigenvalue weighted by Crippen LogP contribution is -2.52. The van der Waals surface area contributed by atoms with Crippen LogP contribution in [0.25, 0.3) is 0 Å². The first kappa shape index (κ1) is 22.7. The van der Waals surface area contributed by atoms with Crippen LogP contribution in [0.4, 0.5) is 23.7 Å². The minimum absolute atomic E-state index is 0.132. The molecule has 2 aromatic rings. The van der Waals surface area contributed by atoms with Crippen LogP contribution in [0.2, 0.25) is 0 Å². The van der Waals surface area contributed by atoms with Crippen LogP contribution in [0, 0.1) is 12.3 Å². The third-order valence-electron chi connectivity index (χ3n) is 5.71. The van der Waals surface area contributed by atoms with Crippen LogP contribution >= 0.6 is 0 Å². The fourth-order valence-electron chi connectivity index (χ4n) is 3.83. The molecule has 3 rings (SSSR count). The molecule has 1 aliphatic heterocycles. The molecule has 8 heteroatoms.